The summed E-state index contributed by atoms with van der Waals surface area (Å²) in [6, 6.07) is 4.00. The van der Waals surface area contributed by atoms with Crippen molar-refractivity contribution in [3.63, 3.8) is 0 Å². The third kappa shape index (κ3) is 4.66. The molecule has 3 aromatic heterocycles. The van der Waals surface area contributed by atoms with Crippen LogP contribution in [0.1, 0.15) is 37.9 Å². The van der Waals surface area contributed by atoms with Crippen LogP contribution in [-0.4, -0.2) is 52.7 Å². The summed E-state index contributed by atoms with van der Waals surface area (Å²) in [4.78, 5) is 35.5. The second-order valence-electron chi connectivity index (χ2n) is 8.50. The van der Waals surface area contributed by atoms with Crippen LogP contribution in [0.2, 0.25) is 0 Å². The number of aromatic nitrogens is 2. The van der Waals surface area contributed by atoms with E-state index in [4.69, 9.17) is 9.72 Å². The lowest BCUT2D eigenvalue weighted by Gasteiger charge is -2.27. The van der Waals surface area contributed by atoms with Crippen LogP contribution in [0.15, 0.2) is 27.7 Å². The number of nitrogens with zero attached hydrogens (tertiary/aromatic N) is 3. The van der Waals surface area contributed by atoms with E-state index in [9.17, 15) is 9.59 Å². The van der Waals surface area contributed by atoms with Gasteiger partial charge in [-0.3, -0.25) is 19.1 Å². The van der Waals surface area contributed by atoms with Crippen molar-refractivity contribution in [2.45, 2.75) is 51.3 Å². The third-order valence-electron chi connectivity index (χ3n) is 6.23. The van der Waals surface area contributed by atoms with Crippen LogP contribution in [-0.2, 0) is 22.6 Å². The van der Waals surface area contributed by atoms with Gasteiger partial charge in [-0.2, -0.15) is 0 Å². The number of hydrogen-bond donors (Lipinski definition) is 1. The Hall–Kier alpha value is -2.07. The lowest BCUT2D eigenvalue weighted by molar-refractivity contribution is -0.122. The fourth-order valence-electron chi connectivity index (χ4n) is 4.51. The molecule has 5 rings (SSSR count). The van der Waals surface area contributed by atoms with Crippen molar-refractivity contribution in [1.29, 1.82) is 0 Å². The first-order chi connectivity index (χ1) is 15.7. The van der Waals surface area contributed by atoms with Gasteiger partial charge in [0.15, 0.2) is 0 Å². The van der Waals surface area contributed by atoms with Gasteiger partial charge >= 0.3 is 0 Å². The molecule has 2 aliphatic rings. The van der Waals surface area contributed by atoms with Crippen molar-refractivity contribution in [3.05, 3.63) is 39.1 Å². The van der Waals surface area contributed by atoms with Gasteiger partial charge in [0.05, 0.1) is 18.0 Å². The van der Waals surface area contributed by atoms with E-state index in [1.54, 1.807) is 15.9 Å². The molecule has 1 N–H and O–H groups in total. The summed E-state index contributed by atoms with van der Waals surface area (Å²) < 4.78 is 7.19. The molecule has 5 heterocycles. The van der Waals surface area contributed by atoms with Crippen LogP contribution in [0, 0.1) is 0 Å². The Kier molecular flexibility index (Phi) is 6.68. The highest BCUT2D eigenvalue weighted by molar-refractivity contribution is 7.18. The van der Waals surface area contributed by atoms with Crippen LogP contribution in [0.5, 0.6) is 0 Å². The first kappa shape index (κ1) is 21.8. The minimum atomic E-state index is -0.170. The van der Waals surface area contributed by atoms with E-state index in [1.807, 2.05) is 22.9 Å². The molecule has 0 spiro atoms. The Morgan fingerprint density at radius 1 is 1.22 bits per heavy atom. The van der Waals surface area contributed by atoms with Crippen LogP contribution < -0.4 is 10.9 Å². The topological polar surface area (TPSA) is 76.5 Å². The lowest BCUT2D eigenvalue weighted by atomic mass is 10.1. The molecular formula is C23H28N4O3S2. The third-order valence-corrected chi connectivity index (χ3v) is 8.00. The molecule has 0 aliphatic carbocycles. The maximum absolute atomic E-state index is 13.7. The number of likely N-dealkylation sites (tertiary alicyclic amines) is 1. The average molecular weight is 473 g/mol. The summed E-state index contributed by atoms with van der Waals surface area (Å²) in [5.41, 5.74) is 0.787. The number of thiophene rings is 2. The van der Waals surface area contributed by atoms with Crippen LogP contribution >= 0.6 is 22.7 Å². The average Bonchev–Trinajstić information content (AvgIpc) is 3.57. The van der Waals surface area contributed by atoms with Gasteiger partial charge < -0.3 is 10.1 Å². The number of rotatable bonds is 7. The fourth-order valence-corrected chi connectivity index (χ4v) is 6.28. The van der Waals surface area contributed by atoms with Gasteiger partial charge in [0, 0.05) is 29.0 Å². The molecule has 0 aromatic carbocycles. The van der Waals surface area contributed by atoms with E-state index in [1.165, 1.54) is 17.8 Å². The number of fused-ring (bicyclic) bond motifs is 1. The predicted molar refractivity (Wildman–Crippen MR) is 128 cm³/mol. The number of carbonyl (C=O) groups excluding carboxylic acids is 1. The van der Waals surface area contributed by atoms with E-state index in [0.29, 0.717) is 24.3 Å². The highest BCUT2D eigenvalue weighted by Gasteiger charge is 2.22. The molecule has 2 fully saturated rings. The van der Waals surface area contributed by atoms with Crippen molar-refractivity contribution in [2.24, 2.45) is 0 Å². The van der Waals surface area contributed by atoms with Gasteiger partial charge in [0.1, 0.15) is 17.2 Å². The van der Waals surface area contributed by atoms with Gasteiger partial charge in [0.25, 0.3) is 5.56 Å². The Morgan fingerprint density at radius 3 is 2.84 bits per heavy atom. The Bertz CT molecular complexity index is 1130. The second-order valence-corrected chi connectivity index (χ2v) is 10.3. The normalized spacial score (nSPS) is 19.6. The van der Waals surface area contributed by atoms with Crippen molar-refractivity contribution in [1.82, 2.24) is 19.8 Å². The largest absolute Gasteiger partial charge is 0.376 e. The second kappa shape index (κ2) is 9.82. The van der Waals surface area contributed by atoms with Gasteiger partial charge in [-0.1, -0.05) is 12.5 Å². The highest BCUT2D eigenvalue weighted by Crippen LogP contribution is 2.33. The van der Waals surface area contributed by atoms with Gasteiger partial charge in [-0.15, -0.1) is 22.7 Å². The fraction of sp³-hybridized carbons (Fsp3) is 0.522. The Morgan fingerprint density at radius 2 is 2.09 bits per heavy atom. The minimum absolute atomic E-state index is 0.0165. The van der Waals surface area contributed by atoms with E-state index < -0.39 is 0 Å². The quantitative estimate of drug-likeness (QED) is 0.570. The number of carbonyl (C=O) groups is 1. The minimum Gasteiger partial charge on any atom is -0.376 e. The summed E-state index contributed by atoms with van der Waals surface area (Å²) in [6.45, 7) is 3.83. The summed E-state index contributed by atoms with van der Waals surface area (Å²) in [6.07, 6.45) is 5.64. The van der Waals surface area contributed by atoms with Gasteiger partial charge in [-0.25, -0.2) is 4.98 Å². The molecular weight excluding hydrogens is 444 g/mol. The van der Waals surface area contributed by atoms with Crippen molar-refractivity contribution in [2.75, 3.05) is 26.2 Å². The number of nitrogens with one attached hydrogen (secondary N) is 1. The summed E-state index contributed by atoms with van der Waals surface area (Å²) in [7, 11) is 0. The summed E-state index contributed by atoms with van der Waals surface area (Å²) in [5.74, 6) is 0.507. The highest BCUT2D eigenvalue weighted by atomic mass is 32.1. The number of ether oxygens (including phenoxy) is 1. The molecule has 2 saturated heterocycles. The molecule has 7 nitrogen and oxygen atoms in total. The zero-order valence-corrected chi connectivity index (χ0v) is 19.7. The van der Waals surface area contributed by atoms with Crippen LogP contribution in [0.3, 0.4) is 0 Å². The van der Waals surface area contributed by atoms with Gasteiger partial charge in [0.2, 0.25) is 5.91 Å². The van der Waals surface area contributed by atoms with E-state index >= 15 is 0 Å². The van der Waals surface area contributed by atoms with E-state index in [2.05, 4.69) is 10.2 Å². The van der Waals surface area contributed by atoms with Crippen molar-refractivity contribution in [3.8, 4) is 10.4 Å². The van der Waals surface area contributed by atoms with Crippen molar-refractivity contribution >= 4 is 38.8 Å². The van der Waals surface area contributed by atoms with Crippen molar-refractivity contribution < 1.29 is 9.53 Å². The molecule has 9 heteroatoms. The molecule has 1 amide bonds. The van der Waals surface area contributed by atoms with E-state index in [-0.39, 0.29) is 24.1 Å². The zero-order valence-electron chi connectivity index (χ0n) is 18.0. The standard InChI is InChI=1S/C23H28N4O3S2/c28-20(24-12-16-6-4-10-30-16)14-27-19(13-26-8-2-1-3-9-26)25-22-21(23(27)29)17(15-32-22)18-7-5-11-31-18/h5,7,11,15-16H,1-4,6,8-10,12-14H2,(H,24,28). The first-order valence-corrected chi connectivity index (χ1v) is 13.1. The summed E-state index contributed by atoms with van der Waals surface area (Å²) in [5, 5.41) is 7.59. The number of piperidine rings is 1. The molecule has 1 unspecified atom stereocenters. The monoisotopic (exact) mass is 472 g/mol. The molecule has 32 heavy (non-hydrogen) atoms. The molecule has 0 bridgehead atoms. The first-order valence-electron chi connectivity index (χ1n) is 11.3. The maximum Gasteiger partial charge on any atom is 0.263 e. The molecule has 170 valence electrons. The molecule has 1 atom stereocenters. The lowest BCUT2D eigenvalue weighted by Crippen LogP contribution is -2.39. The molecule has 3 aromatic rings. The summed E-state index contributed by atoms with van der Waals surface area (Å²) >= 11 is 3.11. The van der Waals surface area contributed by atoms with E-state index in [0.717, 1.165) is 60.7 Å². The number of hydrogen-bond acceptors (Lipinski definition) is 7. The van der Waals surface area contributed by atoms with Crippen LogP contribution in [0.4, 0.5) is 0 Å². The van der Waals surface area contributed by atoms with Gasteiger partial charge in [-0.05, 0) is 50.2 Å². The molecule has 2 aliphatic heterocycles. The maximum atomic E-state index is 13.7. The smallest absolute Gasteiger partial charge is 0.263 e. The molecule has 0 radical (unpaired) electrons. The SMILES string of the molecule is O=C(Cn1c(CN2CCCCC2)nc2scc(-c3cccs3)c2c1=O)NCC1CCCO1. The zero-order chi connectivity index (χ0) is 21.9. The van der Waals surface area contributed by atoms with Crippen LogP contribution in [0.25, 0.3) is 20.7 Å². The Labute approximate surface area is 195 Å². The number of amides is 1. The predicted octanol–water partition coefficient (Wildman–Crippen LogP) is 3.47. The Balaban J connectivity index is 1.47. The molecule has 0 saturated carbocycles.